The molecule has 30 heavy (non-hydrogen) atoms. The molecule has 2 aliphatic rings. The highest BCUT2D eigenvalue weighted by atomic mass is 127. The summed E-state index contributed by atoms with van der Waals surface area (Å²) in [5, 5.41) is 14.8. The molecule has 0 radical (unpaired) electrons. The molecule has 3 rings (SSSR count). The van der Waals surface area contributed by atoms with E-state index >= 15 is 0 Å². The molecule has 2 N–H and O–H groups in total. The van der Waals surface area contributed by atoms with Crippen molar-refractivity contribution in [1.82, 2.24) is 35.2 Å². The maximum Gasteiger partial charge on any atom is 0.234 e. The van der Waals surface area contributed by atoms with Crippen LogP contribution >= 0.6 is 24.0 Å². The van der Waals surface area contributed by atoms with Crippen molar-refractivity contribution in [3.05, 3.63) is 12.2 Å². The largest absolute Gasteiger partial charge is 0.354 e. The molecule has 1 saturated carbocycles. The van der Waals surface area contributed by atoms with Crippen LogP contribution in [0.1, 0.15) is 45.4 Å². The van der Waals surface area contributed by atoms with Crippen molar-refractivity contribution in [2.75, 3.05) is 45.8 Å². The van der Waals surface area contributed by atoms with Gasteiger partial charge in [0.1, 0.15) is 12.2 Å². The molecule has 1 aliphatic carbocycles. The number of halogens is 1. The molecule has 9 nitrogen and oxygen atoms in total. The van der Waals surface area contributed by atoms with E-state index in [1.54, 1.807) is 6.33 Å². The van der Waals surface area contributed by atoms with E-state index < -0.39 is 0 Å². The highest BCUT2D eigenvalue weighted by molar-refractivity contribution is 14.0. The minimum absolute atomic E-state index is 0. The van der Waals surface area contributed by atoms with Crippen molar-refractivity contribution in [1.29, 1.82) is 0 Å². The number of carbonyl (C=O) groups excluding carboxylic acids is 1. The van der Waals surface area contributed by atoms with Crippen LogP contribution < -0.4 is 10.6 Å². The van der Waals surface area contributed by atoms with Crippen LogP contribution in [-0.2, 0) is 17.8 Å². The Morgan fingerprint density at radius 2 is 2.00 bits per heavy atom. The fourth-order valence-electron chi connectivity index (χ4n) is 3.46. The van der Waals surface area contributed by atoms with Gasteiger partial charge in [0.15, 0.2) is 5.96 Å². The first-order chi connectivity index (χ1) is 14.2. The first-order valence-electron chi connectivity index (χ1n) is 11.1. The second-order valence-corrected chi connectivity index (χ2v) is 7.88. The van der Waals surface area contributed by atoms with E-state index in [4.69, 9.17) is 4.99 Å². The summed E-state index contributed by atoms with van der Waals surface area (Å²) in [5.41, 5.74) is 0. The van der Waals surface area contributed by atoms with Crippen LogP contribution in [0.15, 0.2) is 11.3 Å². The van der Waals surface area contributed by atoms with E-state index in [9.17, 15) is 4.79 Å². The van der Waals surface area contributed by atoms with Crippen molar-refractivity contribution in [3.63, 3.8) is 0 Å². The van der Waals surface area contributed by atoms with E-state index in [1.807, 2.05) is 0 Å². The summed E-state index contributed by atoms with van der Waals surface area (Å²) in [4.78, 5) is 21.4. The number of hydrogen-bond donors (Lipinski definition) is 2. The average molecular weight is 532 g/mol. The number of carbonyl (C=O) groups is 1. The number of unbranched alkanes of at least 4 members (excludes halogenated alkanes) is 1. The normalized spacial score (nSPS) is 17.5. The molecule has 2 heterocycles. The Morgan fingerprint density at radius 3 is 2.67 bits per heavy atom. The fraction of sp³-hybridized carbons (Fsp3) is 0.800. The third-order valence-electron chi connectivity index (χ3n) is 5.40. The van der Waals surface area contributed by atoms with E-state index in [0.717, 1.165) is 89.7 Å². The summed E-state index contributed by atoms with van der Waals surface area (Å²) >= 11 is 0. The van der Waals surface area contributed by atoms with Gasteiger partial charge in [0.2, 0.25) is 5.91 Å². The smallest absolute Gasteiger partial charge is 0.234 e. The maximum absolute atomic E-state index is 12.0. The van der Waals surface area contributed by atoms with Crippen molar-refractivity contribution >= 4 is 35.8 Å². The topological polar surface area (TPSA) is 90.7 Å². The lowest BCUT2D eigenvalue weighted by Gasteiger charge is -2.36. The Hall–Kier alpha value is -1.43. The fourth-order valence-corrected chi connectivity index (χ4v) is 3.46. The first kappa shape index (κ1) is 24.8. The van der Waals surface area contributed by atoms with Gasteiger partial charge in [-0.1, -0.05) is 20.3 Å². The second-order valence-electron chi connectivity index (χ2n) is 7.88. The zero-order valence-corrected chi connectivity index (χ0v) is 20.7. The number of aromatic nitrogens is 3. The predicted octanol–water partition coefficient (Wildman–Crippen LogP) is 1.10. The first-order valence-corrected chi connectivity index (χ1v) is 11.1. The molecule has 0 atom stereocenters. The van der Waals surface area contributed by atoms with Gasteiger partial charge in [-0.25, -0.2) is 0 Å². The van der Waals surface area contributed by atoms with Crippen LogP contribution in [0.4, 0.5) is 0 Å². The van der Waals surface area contributed by atoms with Gasteiger partial charge in [-0.15, -0.1) is 34.2 Å². The highest BCUT2D eigenvalue weighted by Gasteiger charge is 2.26. The molecular formula is C20H37IN8O. The van der Waals surface area contributed by atoms with Gasteiger partial charge in [-0.05, 0) is 19.3 Å². The Balaban J connectivity index is 0.00000320. The van der Waals surface area contributed by atoms with Gasteiger partial charge >= 0.3 is 0 Å². The number of guanidine groups is 1. The van der Waals surface area contributed by atoms with E-state index in [1.165, 1.54) is 0 Å². The number of amides is 1. The number of aliphatic imine (C=N–C) groups is 1. The summed E-state index contributed by atoms with van der Waals surface area (Å²) in [7, 11) is 0. The summed E-state index contributed by atoms with van der Waals surface area (Å²) in [6, 6.07) is 0.434. The van der Waals surface area contributed by atoms with Crippen LogP contribution in [0.2, 0.25) is 0 Å². The Bertz CT molecular complexity index is 668. The number of nitrogens with zero attached hydrogens (tertiary/aromatic N) is 6. The van der Waals surface area contributed by atoms with E-state index in [-0.39, 0.29) is 29.9 Å². The molecule has 1 aliphatic heterocycles. The molecule has 1 saturated heterocycles. The maximum atomic E-state index is 12.0. The molecule has 2 fully saturated rings. The third kappa shape index (κ3) is 8.01. The van der Waals surface area contributed by atoms with Crippen LogP contribution in [-0.4, -0.2) is 88.3 Å². The minimum Gasteiger partial charge on any atom is -0.354 e. The van der Waals surface area contributed by atoms with Crippen LogP contribution in [0.5, 0.6) is 0 Å². The summed E-state index contributed by atoms with van der Waals surface area (Å²) in [6.45, 7) is 10.8. The lowest BCUT2D eigenvalue weighted by molar-refractivity contribution is -0.122. The number of aryl methyl sites for hydroxylation is 1. The summed E-state index contributed by atoms with van der Waals surface area (Å²) < 4.78 is 2.09. The van der Waals surface area contributed by atoms with Crippen molar-refractivity contribution in [2.45, 2.75) is 58.5 Å². The molecule has 1 aromatic heterocycles. The molecule has 1 aromatic rings. The van der Waals surface area contributed by atoms with Crippen LogP contribution in [0.3, 0.4) is 0 Å². The third-order valence-corrected chi connectivity index (χ3v) is 5.40. The number of piperazine rings is 1. The quantitative estimate of drug-likeness (QED) is 0.203. The van der Waals surface area contributed by atoms with Gasteiger partial charge in [0.05, 0.1) is 6.54 Å². The lowest BCUT2D eigenvalue weighted by atomic mass is 10.3. The Morgan fingerprint density at radius 1 is 1.23 bits per heavy atom. The Kier molecular flexibility index (Phi) is 10.8. The van der Waals surface area contributed by atoms with Crippen molar-refractivity contribution in [3.8, 4) is 0 Å². The van der Waals surface area contributed by atoms with Gasteiger partial charge in [-0.3, -0.25) is 14.7 Å². The average Bonchev–Trinajstić information content (AvgIpc) is 3.41. The lowest BCUT2D eigenvalue weighted by Crippen LogP contribution is -2.54. The minimum atomic E-state index is 0. The monoisotopic (exact) mass is 532 g/mol. The number of nitrogens with one attached hydrogen (secondary N) is 2. The molecule has 170 valence electrons. The summed E-state index contributed by atoms with van der Waals surface area (Å²) in [6.07, 6.45) is 7.18. The molecule has 1 amide bonds. The van der Waals surface area contributed by atoms with Gasteiger partial charge < -0.3 is 20.1 Å². The molecular weight excluding hydrogens is 495 g/mol. The van der Waals surface area contributed by atoms with Gasteiger partial charge in [-0.2, -0.15) is 0 Å². The van der Waals surface area contributed by atoms with Crippen molar-refractivity contribution < 1.29 is 4.79 Å². The zero-order valence-electron chi connectivity index (χ0n) is 18.3. The standard InChI is InChI=1S/C20H36N8O.HI/c1-3-5-8-21-20(22-9-10-28-16-23-25-18(28)4-2)27-13-11-26(12-14-27)15-19(29)24-17-6-7-17;/h16-17H,3-15H2,1-2H3,(H,21,22)(H,24,29);1H. The van der Waals surface area contributed by atoms with Crippen LogP contribution in [0, 0.1) is 0 Å². The SMILES string of the molecule is CCCCN=C(NCCn1cnnc1CC)N1CCN(CC(=O)NC2CC2)CC1.I. The van der Waals surface area contributed by atoms with E-state index in [2.05, 4.69) is 49.0 Å². The molecule has 0 unspecified atom stereocenters. The van der Waals surface area contributed by atoms with Crippen molar-refractivity contribution in [2.24, 2.45) is 4.99 Å². The predicted molar refractivity (Wildman–Crippen MR) is 129 cm³/mol. The zero-order chi connectivity index (χ0) is 20.5. The molecule has 0 spiro atoms. The van der Waals surface area contributed by atoms with Crippen LogP contribution in [0.25, 0.3) is 0 Å². The molecule has 10 heteroatoms. The molecule has 0 aromatic carbocycles. The number of hydrogen-bond acceptors (Lipinski definition) is 5. The highest BCUT2D eigenvalue weighted by Crippen LogP contribution is 2.18. The molecule has 0 bridgehead atoms. The summed E-state index contributed by atoms with van der Waals surface area (Å²) in [5.74, 6) is 2.15. The van der Waals surface area contributed by atoms with E-state index in [0.29, 0.717) is 12.6 Å². The second kappa shape index (κ2) is 13.1. The number of rotatable bonds is 10. The Labute approximate surface area is 197 Å². The van der Waals surface area contributed by atoms with Gasteiger partial charge in [0, 0.05) is 58.3 Å². The van der Waals surface area contributed by atoms with Gasteiger partial charge in [0.25, 0.3) is 0 Å².